The Morgan fingerprint density at radius 1 is 1.19 bits per heavy atom. The minimum absolute atomic E-state index is 0.106. The number of rotatable bonds is 8. The molecule has 0 spiro atoms. The first-order valence-corrected chi connectivity index (χ1v) is 9.69. The van der Waals surface area contributed by atoms with Gasteiger partial charge in [0.05, 0.1) is 18.2 Å². The molecule has 2 aromatic rings. The van der Waals surface area contributed by atoms with E-state index in [4.69, 9.17) is 32.7 Å². The maximum absolute atomic E-state index is 9.38. The third-order valence-corrected chi connectivity index (χ3v) is 5.15. The maximum atomic E-state index is 9.38. The number of ether oxygens (including phenoxy) is 2. The summed E-state index contributed by atoms with van der Waals surface area (Å²) in [4.78, 5) is 0. The van der Waals surface area contributed by atoms with Gasteiger partial charge in [-0.1, -0.05) is 29.3 Å². The molecule has 142 valence electrons. The second-order valence-electron chi connectivity index (χ2n) is 6.69. The second-order valence-corrected chi connectivity index (χ2v) is 8.39. The minimum Gasteiger partial charge on any atom is -0.493 e. The molecule has 0 saturated heterocycles. The number of aliphatic hydroxyl groups is 1. The molecule has 0 aliphatic carbocycles. The summed E-state index contributed by atoms with van der Waals surface area (Å²) in [5.74, 6) is 1.25. The van der Waals surface area contributed by atoms with E-state index >= 15 is 0 Å². The molecule has 2 aromatic carbocycles. The monoisotopic (exact) mass is 462 g/mol. The molecule has 2 rings (SSSR count). The Hall–Kier alpha value is -0.980. The Kier molecular flexibility index (Phi) is 7.62. The van der Waals surface area contributed by atoms with E-state index in [0.29, 0.717) is 34.7 Å². The molecule has 0 heterocycles. The van der Waals surface area contributed by atoms with E-state index in [1.807, 2.05) is 32.0 Å². The molecule has 0 amide bonds. The number of hydrogen-bond acceptors (Lipinski definition) is 3. The Bertz CT molecular complexity index is 769. The van der Waals surface area contributed by atoms with Crippen LogP contribution in [0.5, 0.6) is 11.5 Å². The molecule has 26 heavy (non-hydrogen) atoms. The van der Waals surface area contributed by atoms with Crippen molar-refractivity contribution in [1.29, 1.82) is 0 Å². The molecule has 0 fully saturated rings. The van der Waals surface area contributed by atoms with Crippen molar-refractivity contribution in [3.05, 3.63) is 56.0 Å². The summed E-state index contributed by atoms with van der Waals surface area (Å²) in [7, 11) is 1.61. The van der Waals surface area contributed by atoms with E-state index < -0.39 is 0 Å². The summed E-state index contributed by atoms with van der Waals surface area (Å²) in [5, 5.41) is 12.6. The highest BCUT2D eigenvalue weighted by molar-refractivity contribution is 9.10. The fraction of sp³-hybridized carbons (Fsp3) is 0.368. The lowest BCUT2D eigenvalue weighted by atomic mass is 10.1. The SMILES string of the molecule is COc1cc(C[NH2+]C(C)(C)CO)cc(Br)c1OCc1ccc(Cl)cc1Cl. The fourth-order valence-electron chi connectivity index (χ4n) is 2.28. The van der Waals surface area contributed by atoms with Crippen LogP contribution in [0.25, 0.3) is 0 Å². The van der Waals surface area contributed by atoms with Gasteiger partial charge in [-0.05, 0) is 54.0 Å². The highest BCUT2D eigenvalue weighted by atomic mass is 79.9. The molecule has 4 nitrogen and oxygen atoms in total. The Labute approximate surface area is 172 Å². The first-order chi connectivity index (χ1) is 12.3. The highest BCUT2D eigenvalue weighted by Gasteiger charge is 2.20. The molecule has 0 aromatic heterocycles. The van der Waals surface area contributed by atoms with Crippen LogP contribution in [0.4, 0.5) is 0 Å². The van der Waals surface area contributed by atoms with Gasteiger partial charge in [0.1, 0.15) is 18.7 Å². The zero-order chi connectivity index (χ0) is 19.3. The molecule has 0 atom stereocenters. The zero-order valence-electron chi connectivity index (χ0n) is 15.0. The predicted octanol–water partition coefficient (Wildman–Crippen LogP) is 4.18. The smallest absolute Gasteiger partial charge is 0.175 e. The Morgan fingerprint density at radius 2 is 1.92 bits per heavy atom. The summed E-state index contributed by atoms with van der Waals surface area (Å²) < 4.78 is 12.2. The van der Waals surface area contributed by atoms with Crippen molar-refractivity contribution in [3.63, 3.8) is 0 Å². The average Bonchev–Trinajstić information content (AvgIpc) is 2.60. The van der Waals surface area contributed by atoms with Crippen LogP contribution < -0.4 is 14.8 Å². The van der Waals surface area contributed by atoms with Crippen molar-refractivity contribution >= 4 is 39.1 Å². The molecule has 0 aliphatic rings. The molecule has 0 bridgehead atoms. The topological polar surface area (TPSA) is 55.3 Å². The van der Waals surface area contributed by atoms with Crippen LogP contribution in [0.15, 0.2) is 34.8 Å². The number of quaternary nitrogens is 1. The maximum Gasteiger partial charge on any atom is 0.175 e. The summed E-state index contributed by atoms with van der Waals surface area (Å²) in [6.07, 6.45) is 0. The van der Waals surface area contributed by atoms with E-state index in [1.54, 1.807) is 19.2 Å². The number of hydrogen-bond donors (Lipinski definition) is 2. The fourth-order valence-corrected chi connectivity index (χ4v) is 3.35. The number of methoxy groups -OCH3 is 1. The van der Waals surface area contributed by atoms with Crippen molar-refractivity contribution in [2.75, 3.05) is 13.7 Å². The van der Waals surface area contributed by atoms with E-state index in [1.165, 1.54) is 0 Å². The summed E-state index contributed by atoms with van der Waals surface area (Å²) in [5.41, 5.74) is 1.67. The second kappa shape index (κ2) is 9.29. The molecule has 3 N–H and O–H groups in total. The lowest BCUT2D eigenvalue weighted by molar-refractivity contribution is -0.736. The van der Waals surface area contributed by atoms with E-state index in [0.717, 1.165) is 15.6 Å². The largest absolute Gasteiger partial charge is 0.493 e. The normalized spacial score (nSPS) is 11.5. The van der Waals surface area contributed by atoms with E-state index in [2.05, 4.69) is 21.2 Å². The van der Waals surface area contributed by atoms with E-state index in [-0.39, 0.29) is 12.1 Å². The van der Waals surface area contributed by atoms with Gasteiger partial charge >= 0.3 is 0 Å². The van der Waals surface area contributed by atoms with Crippen LogP contribution in [-0.2, 0) is 13.2 Å². The first kappa shape index (κ1) is 21.3. The van der Waals surface area contributed by atoms with Crippen molar-refractivity contribution in [3.8, 4) is 11.5 Å². The Morgan fingerprint density at radius 3 is 2.54 bits per heavy atom. The zero-order valence-corrected chi connectivity index (χ0v) is 18.1. The van der Waals surface area contributed by atoms with Gasteiger partial charge in [0.2, 0.25) is 0 Å². The molecule has 7 heteroatoms. The molecule has 0 saturated carbocycles. The molecular formula is C19H23BrCl2NO3+. The number of halogens is 3. The van der Waals surface area contributed by atoms with Crippen LogP contribution in [0.2, 0.25) is 10.0 Å². The van der Waals surface area contributed by atoms with Crippen molar-refractivity contribution in [2.45, 2.75) is 32.5 Å². The van der Waals surface area contributed by atoms with Gasteiger partial charge in [-0.3, -0.25) is 0 Å². The molecule has 0 unspecified atom stereocenters. The number of nitrogens with two attached hydrogens (primary N) is 1. The van der Waals surface area contributed by atoms with Crippen LogP contribution >= 0.6 is 39.1 Å². The Balaban J connectivity index is 2.15. The predicted molar refractivity (Wildman–Crippen MR) is 108 cm³/mol. The van der Waals surface area contributed by atoms with Crippen molar-refractivity contribution in [2.24, 2.45) is 0 Å². The molecule has 0 radical (unpaired) electrons. The lowest BCUT2D eigenvalue weighted by Gasteiger charge is -2.20. The lowest BCUT2D eigenvalue weighted by Crippen LogP contribution is -2.95. The average molecular weight is 464 g/mol. The standard InChI is InChI=1S/C19H22BrCl2NO3/c1-19(2,11-24)23-9-12-6-15(20)18(17(7-12)25-3)26-10-13-4-5-14(21)8-16(13)22/h4-8,23-24H,9-11H2,1-3H3/p+1. The van der Waals surface area contributed by atoms with Gasteiger partial charge in [-0.25, -0.2) is 0 Å². The van der Waals surface area contributed by atoms with Crippen LogP contribution in [0, 0.1) is 0 Å². The minimum atomic E-state index is -0.236. The summed E-state index contributed by atoms with van der Waals surface area (Å²) in [6, 6.07) is 9.24. The molecule has 0 aliphatic heterocycles. The van der Waals surface area contributed by atoms with E-state index in [9.17, 15) is 5.11 Å². The van der Waals surface area contributed by atoms with Gasteiger partial charge in [0, 0.05) is 21.2 Å². The van der Waals surface area contributed by atoms with Crippen LogP contribution in [0.1, 0.15) is 25.0 Å². The third kappa shape index (κ3) is 5.76. The van der Waals surface area contributed by atoms with Crippen LogP contribution in [-0.4, -0.2) is 24.4 Å². The molecular weight excluding hydrogens is 441 g/mol. The van der Waals surface area contributed by atoms with Gasteiger partial charge in [-0.2, -0.15) is 0 Å². The number of benzene rings is 2. The van der Waals surface area contributed by atoms with Crippen molar-refractivity contribution in [1.82, 2.24) is 0 Å². The van der Waals surface area contributed by atoms with Gasteiger partial charge < -0.3 is 19.9 Å². The van der Waals surface area contributed by atoms with Crippen LogP contribution in [0.3, 0.4) is 0 Å². The van der Waals surface area contributed by atoms with Gasteiger partial charge in [0.25, 0.3) is 0 Å². The van der Waals surface area contributed by atoms with Gasteiger partial charge in [0.15, 0.2) is 11.5 Å². The van der Waals surface area contributed by atoms with Crippen molar-refractivity contribution < 1.29 is 19.9 Å². The summed E-state index contributed by atoms with van der Waals surface area (Å²) >= 11 is 15.7. The first-order valence-electron chi connectivity index (χ1n) is 8.14. The third-order valence-electron chi connectivity index (χ3n) is 3.97. The quantitative estimate of drug-likeness (QED) is 0.617. The highest BCUT2D eigenvalue weighted by Crippen LogP contribution is 2.37. The summed E-state index contributed by atoms with van der Waals surface area (Å²) in [6.45, 7) is 5.10. The van der Waals surface area contributed by atoms with Gasteiger partial charge in [-0.15, -0.1) is 0 Å². The number of aliphatic hydroxyl groups excluding tert-OH is 1.